The minimum atomic E-state index is 0.676. The summed E-state index contributed by atoms with van der Waals surface area (Å²) in [6.45, 7) is 3.94. The van der Waals surface area contributed by atoms with Gasteiger partial charge in [-0.2, -0.15) is 0 Å². The van der Waals surface area contributed by atoms with E-state index in [1.165, 1.54) is 5.56 Å². The standard InChI is InChI=1S/C16H14N4/c1-11-3-5-13(6-4-11)15-18-12(2)19-16(20-15)14-7-9-17-10-8-14/h3-10H,1-2H3. The highest BCUT2D eigenvalue weighted by atomic mass is 15.0. The van der Waals surface area contributed by atoms with Gasteiger partial charge < -0.3 is 0 Å². The second-order valence-corrected chi connectivity index (χ2v) is 4.63. The predicted molar refractivity (Wildman–Crippen MR) is 78.0 cm³/mol. The molecule has 0 aliphatic carbocycles. The molecule has 0 atom stereocenters. The maximum atomic E-state index is 4.55. The number of nitrogens with zero attached hydrogens (tertiary/aromatic N) is 4. The molecular weight excluding hydrogens is 248 g/mol. The lowest BCUT2D eigenvalue weighted by molar-refractivity contribution is 0.991. The highest BCUT2D eigenvalue weighted by Gasteiger charge is 2.07. The van der Waals surface area contributed by atoms with Gasteiger partial charge in [0.2, 0.25) is 0 Å². The molecule has 3 rings (SSSR count). The van der Waals surface area contributed by atoms with Crippen LogP contribution in [0.5, 0.6) is 0 Å². The SMILES string of the molecule is Cc1ccc(-c2nc(C)nc(-c3ccncc3)n2)cc1. The Morgan fingerprint density at radius 1 is 0.650 bits per heavy atom. The van der Waals surface area contributed by atoms with Gasteiger partial charge in [0.25, 0.3) is 0 Å². The van der Waals surface area contributed by atoms with Crippen LogP contribution in [-0.2, 0) is 0 Å². The zero-order chi connectivity index (χ0) is 13.9. The first kappa shape index (κ1) is 12.4. The highest BCUT2D eigenvalue weighted by molar-refractivity contribution is 5.60. The third kappa shape index (κ3) is 2.54. The number of benzene rings is 1. The first-order chi connectivity index (χ1) is 9.72. The maximum absolute atomic E-state index is 4.55. The molecule has 0 radical (unpaired) electrons. The fraction of sp³-hybridized carbons (Fsp3) is 0.125. The Morgan fingerprint density at radius 3 is 1.80 bits per heavy atom. The lowest BCUT2D eigenvalue weighted by Gasteiger charge is -2.05. The van der Waals surface area contributed by atoms with Crippen LogP contribution in [-0.4, -0.2) is 19.9 Å². The van der Waals surface area contributed by atoms with Crippen LogP contribution in [0.4, 0.5) is 0 Å². The van der Waals surface area contributed by atoms with Crippen LogP contribution in [0, 0.1) is 13.8 Å². The largest absolute Gasteiger partial charge is 0.265 e. The van der Waals surface area contributed by atoms with Crippen LogP contribution in [0.1, 0.15) is 11.4 Å². The minimum absolute atomic E-state index is 0.676. The number of aryl methyl sites for hydroxylation is 2. The summed E-state index contributed by atoms with van der Waals surface area (Å²) in [7, 11) is 0. The highest BCUT2D eigenvalue weighted by Crippen LogP contribution is 2.19. The normalized spacial score (nSPS) is 10.5. The van der Waals surface area contributed by atoms with Gasteiger partial charge in [0, 0.05) is 23.5 Å². The van der Waals surface area contributed by atoms with Crippen molar-refractivity contribution in [3.05, 3.63) is 60.2 Å². The Balaban J connectivity index is 2.09. The van der Waals surface area contributed by atoms with Gasteiger partial charge in [-0.05, 0) is 26.0 Å². The Labute approximate surface area is 117 Å². The van der Waals surface area contributed by atoms with Gasteiger partial charge in [0.1, 0.15) is 5.82 Å². The third-order valence-electron chi connectivity index (χ3n) is 3.00. The number of rotatable bonds is 2. The van der Waals surface area contributed by atoms with E-state index in [1.54, 1.807) is 12.4 Å². The van der Waals surface area contributed by atoms with E-state index < -0.39 is 0 Å². The lowest BCUT2D eigenvalue weighted by atomic mass is 10.1. The summed E-state index contributed by atoms with van der Waals surface area (Å²) >= 11 is 0. The zero-order valence-electron chi connectivity index (χ0n) is 11.4. The van der Waals surface area contributed by atoms with Crippen molar-refractivity contribution in [2.75, 3.05) is 0 Å². The number of hydrogen-bond donors (Lipinski definition) is 0. The molecule has 0 fully saturated rings. The minimum Gasteiger partial charge on any atom is -0.265 e. The van der Waals surface area contributed by atoms with Crippen molar-refractivity contribution in [2.45, 2.75) is 13.8 Å². The molecule has 1 aromatic carbocycles. The molecule has 0 aliphatic rings. The lowest BCUT2D eigenvalue weighted by Crippen LogP contribution is -1.99. The van der Waals surface area contributed by atoms with Crippen LogP contribution < -0.4 is 0 Å². The van der Waals surface area contributed by atoms with Crippen molar-refractivity contribution in [3.8, 4) is 22.8 Å². The van der Waals surface area contributed by atoms with Gasteiger partial charge in [0.15, 0.2) is 11.6 Å². The molecule has 0 amide bonds. The summed E-state index contributed by atoms with van der Waals surface area (Å²) in [6.07, 6.45) is 3.47. The summed E-state index contributed by atoms with van der Waals surface area (Å²) in [4.78, 5) is 17.4. The Kier molecular flexibility index (Phi) is 3.21. The van der Waals surface area contributed by atoms with Crippen molar-refractivity contribution in [1.29, 1.82) is 0 Å². The van der Waals surface area contributed by atoms with Gasteiger partial charge in [-0.3, -0.25) is 4.98 Å². The molecule has 0 saturated carbocycles. The van der Waals surface area contributed by atoms with Crippen molar-refractivity contribution in [3.63, 3.8) is 0 Å². The van der Waals surface area contributed by atoms with E-state index in [0.717, 1.165) is 11.1 Å². The monoisotopic (exact) mass is 262 g/mol. The van der Waals surface area contributed by atoms with Crippen molar-refractivity contribution < 1.29 is 0 Å². The van der Waals surface area contributed by atoms with Crippen molar-refractivity contribution in [2.24, 2.45) is 0 Å². The fourth-order valence-corrected chi connectivity index (χ4v) is 1.94. The van der Waals surface area contributed by atoms with Gasteiger partial charge in [-0.15, -0.1) is 0 Å². The van der Waals surface area contributed by atoms with Crippen molar-refractivity contribution >= 4 is 0 Å². The third-order valence-corrected chi connectivity index (χ3v) is 3.00. The molecule has 2 heterocycles. The molecule has 0 unspecified atom stereocenters. The number of aromatic nitrogens is 4. The molecule has 0 saturated heterocycles. The molecule has 4 heteroatoms. The van der Waals surface area contributed by atoms with Crippen LogP contribution in [0.15, 0.2) is 48.8 Å². The van der Waals surface area contributed by atoms with Gasteiger partial charge >= 0.3 is 0 Å². The first-order valence-electron chi connectivity index (χ1n) is 6.42. The second-order valence-electron chi connectivity index (χ2n) is 4.63. The summed E-state index contributed by atoms with van der Waals surface area (Å²) in [5.74, 6) is 2.09. The molecule has 0 N–H and O–H groups in total. The molecule has 20 heavy (non-hydrogen) atoms. The van der Waals surface area contributed by atoms with E-state index in [0.29, 0.717) is 17.5 Å². The average molecular weight is 262 g/mol. The molecule has 3 aromatic rings. The number of pyridine rings is 1. The predicted octanol–water partition coefficient (Wildman–Crippen LogP) is 3.22. The summed E-state index contributed by atoms with van der Waals surface area (Å²) in [5.41, 5.74) is 3.16. The molecule has 0 aliphatic heterocycles. The Hall–Kier alpha value is -2.62. The number of hydrogen-bond acceptors (Lipinski definition) is 4. The summed E-state index contributed by atoms with van der Waals surface area (Å²) in [6, 6.07) is 12.0. The van der Waals surface area contributed by atoms with Gasteiger partial charge in [0.05, 0.1) is 0 Å². The smallest absolute Gasteiger partial charge is 0.163 e. The topological polar surface area (TPSA) is 51.6 Å². The molecule has 0 spiro atoms. The molecule has 4 nitrogen and oxygen atoms in total. The van der Waals surface area contributed by atoms with E-state index in [-0.39, 0.29) is 0 Å². The zero-order valence-corrected chi connectivity index (χ0v) is 11.4. The van der Waals surface area contributed by atoms with E-state index in [2.05, 4.69) is 39.0 Å². The van der Waals surface area contributed by atoms with Gasteiger partial charge in [-0.25, -0.2) is 15.0 Å². The second kappa shape index (κ2) is 5.17. The molecule has 0 bridgehead atoms. The van der Waals surface area contributed by atoms with Crippen LogP contribution in [0.25, 0.3) is 22.8 Å². The van der Waals surface area contributed by atoms with Crippen LogP contribution >= 0.6 is 0 Å². The van der Waals surface area contributed by atoms with E-state index in [4.69, 9.17) is 0 Å². The van der Waals surface area contributed by atoms with Crippen LogP contribution in [0.3, 0.4) is 0 Å². The molecule has 98 valence electrons. The van der Waals surface area contributed by atoms with Crippen LogP contribution in [0.2, 0.25) is 0 Å². The molecular formula is C16H14N4. The van der Waals surface area contributed by atoms with E-state index in [9.17, 15) is 0 Å². The fourth-order valence-electron chi connectivity index (χ4n) is 1.94. The van der Waals surface area contributed by atoms with Gasteiger partial charge in [-0.1, -0.05) is 29.8 Å². The Morgan fingerprint density at radius 2 is 1.20 bits per heavy atom. The molecule has 2 aromatic heterocycles. The summed E-state index contributed by atoms with van der Waals surface area (Å²) in [5, 5.41) is 0. The summed E-state index contributed by atoms with van der Waals surface area (Å²) < 4.78 is 0. The maximum Gasteiger partial charge on any atom is 0.163 e. The van der Waals surface area contributed by atoms with Crippen molar-refractivity contribution in [1.82, 2.24) is 19.9 Å². The Bertz CT molecular complexity index is 721. The van der Waals surface area contributed by atoms with E-state index >= 15 is 0 Å². The van der Waals surface area contributed by atoms with E-state index in [1.807, 2.05) is 31.2 Å². The quantitative estimate of drug-likeness (QED) is 0.711. The first-order valence-corrected chi connectivity index (χ1v) is 6.42. The average Bonchev–Trinajstić information content (AvgIpc) is 2.48.